The molecule has 0 bridgehead atoms. The molecule has 2 fully saturated rings. The number of phenols is 1. The lowest BCUT2D eigenvalue weighted by molar-refractivity contribution is -0.0372. The Balaban J connectivity index is 1.75. The Morgan fingerprint density at radius 2 is 1.96 bits per heavy atom. The van der Waals surface area contributed by atoms with E-state index in [9.17, 15) is 15.3 Å². The highest BCUT2D eigenvalue weighted by molar-refractivity contribution is 5.50. The fourth-order valence-electron chi connectivity index (χ4n) is 5.84. The second-order valence-corrected chi connectivity index (χ2v) is 8.15. The molecule has 132 valence electrons. The molecular weight excluding hydrogens is 304 g/mol. The number of aliphatic hydroxyl groups is 2. The van der Waals surface area contributed by atoms with Crippen molar-refractivity contribution in [3.63, 3.8) is 0 Å². The summed E-state index contributed by atoms with van der Waals surface area (Å²) >= 11 is 0. The first kappa shape index (κ1) is 16.2. The number of benzene rings is 1. The smallest absolute Gasteiger partial charge is 0.161 e. The number of hydrogen-bond donors (Lipinski definition) is 3. The number of aromatic hydroxyl groups is 1. The summed E-state index contributed by atoms with van der Waals surface area (Å²) < 4.78 is 5.57. The molecule has 3 aliphatic rings. The Kier molecular flexibility index (Phi) is 3.81. The van der Waals surface area contributed by atoms with Crippen LogP contribution in [0.25, 0.3) is 0 Å². The number of hydrogen-bond acceptors (Lipinski definition) is 4. The van der Waals surface area contributed by atoms with E-state index in [0.29, 0.717) is 30.1 Å². The zero-order chi connectivity index (χ0) is 17.1. The summed E-state index contributed by atoms with van der Waals surface area (Å²) in [6.07, 6.45) is 3.98. The van der Waals surface area contributed by atoms with Gasteiger partial charge in [-0.25, -0.2) is 0 Å². The normalized spacial score (nSPS) is 40.6. The predicted octanol–water partition coefficient (Wildman–Crippen LogP) is 3.50. The van der Waals surface area contributed by atoms with E-state index in [-0.39, 0.29) is 17.3 Å². The van der Waals surface area contributed by atoms with E-state index in [1.807, 2.05) is 13.0 Å². The topological polar surface area (TPSA) is 69.9 Å². The summed E-state index contributed by atoms with van der Waals surface area (Å²) in [7, 11) is 0. The summed E-state index contributed by atoms with van der Waals surface area (Å²) in [6.45, 7) is 4.65. The first-order chi connectivity index (χ1) is 11.5. The third-order valence-corrected chi connectivity index (χ3v) is 7.11. The molecule has 2 unspecified atom stereocenters. The molecule has 6 atom stereocenters. The van der Waals surface area contributed by atoms with Gasteiger partial charge >= 0.3 is 0 Å². The lowest BCUT2D eigenvalue weighted by Crippen LogP contribution is -2.44. The number of aliphatic hydroxyl groups excluding tert-OH is 2. The van der Waals surface area contributed by atoms with Gasteiger partial charge in [0.25, 0.3) is 0 Å². The third-order valence-electron chi connectivity index (χ3n) is 7.11. The van der Waals surface area contributed by atoms with Crippen LogP contribution in [0.4, 0.5) is 0 Å². The fraction of sp³-hybridized carbons (Fsp3) is 0.700. The summed E-state index contributed by atoms with van der Waals surface area (Å²) in [5, 5.41) is 31.3. The van der Waals surface area contributed by atoms with Crippen LogP contribution in [0, 0.1) is 17.3 Å². The van der Waals surface area contributed by atoms with Gasteiger partial charge in [0.2, 0.25) is 0 Å². The number of phenolic OH excluding ortho intramolecular Hbond substituents is 1. The van der Waals surface area contributed by atoms with Crippen molar-refractivity contribution in [3.05, 3.63) is 23.3 Å². The molecule has 0 spiro atoms. The highest BCUT2D eigenvalue weighted by atomic mass is 16.5. The molecule has 0 aliphatic heterocycles. The average Bonchev–Trinajstić information content (AvgIpc) is 2.85. The van der Waals surface area contributed by atoms with Crippen LogP contribution in [0.3, 0.4) is 0 Å². The van der Waals surface area contributed by atoms with Crippen LogP contribution in [-0.2, 0) is 0 Å². The lowest BCUT2D eigenvalue weighted by atomic mass is 9.55. The molecule has 0 heterocycles. The standard InChI is InChI=1S/C20H28O4/c1-3-24-18-10-12-11-6-7-20(2)15(4-5-19(20)23)13(11)8-16(21)14(12)9-17(18)22/h9-11,13,15-16,19,21-23H,3-8H2,1-2H3/t11-,13-,15+,16?,19?,20+/m1/s1. The van der Waals surface area contributed by atoms with E-state index >= 15 is 0 Å². The molecule has 24 heavy (non-hydrogen) atoms. The molecule has 0 aromatic heterocycles. The van der Waals surface area contributed by atoms with Crippen molar-refractivity contribution < 1.29 is 20.1 Å². The van der Waals surface area contributed by atoms with Gasteiger partial charge in [-0.05, 0) is 85.5 Å². The molecule has 0 amide bonds. The van der Waals surface area contributed by atoms with Crippen LogP contribution in [0.2, 0.25) is 0 Å². The van der Waals surface area contributed by atoms with Crippen LogP contribution >= 0.6 is 0 Å². The molecule has 1 aromatic rings. The number of ether oxygens (including phenoxy) is 1. The van der Waals surface area contributed by atoms with E-state index in [1.54, 1.807) is 6.07 Å². The Labute approximate surface area is 143 Å². The monoisotopic (exact) mass is 332 g/mol. The summed E-state index contributed by atoms with van der Waals surface area (Å²) in [4.78, 5) is 0. The fourth-order valence-corrected chi connectivity index (χ4v) is 5.84. The van der Waals surface area contributed by atoms with Crippen molar-refractivity contribution in [2.24, 2.45) is 17.3 Å². The minimum atomic E-state index is -0.539. The minimum Gasteiger partial charge on any atom is -0.504 e. The van der Waals surface area contributed by atoms with Crippen molar-refractivity contribution in [1.82, 2.24) is 0 Å². The maximum absolute atomic E-state index is 10.7. The Morgan fingerprint density at radius 3 is 2.71 bits per heavy atom. The van der Waals surface area contributed by atoms with Gasteiger partial charge in [0.1, 0.15) is 0 Å². The molecule has 3 aliphatic carbocycles. The van der Waals surface area contributed by atoms with Gasteiger partial charge in [-0.3, -0.25) is 0 Å². The van der Waals surface area contributed by atoms with E-state index in [1.165, 1.54) is 0 Å². The molecule has 1 aromatic carbocycles. The third kappa shape index (κ3) is 2.19. The number of rotatable bonds is 2. The average molecular weight is 332 g/mol. The van der Waals surface area contributed by atoms with Gasteiger partial charge in [0.15, 0.2) is 11.5 Å². The van der Waals surface area contributed by atoms with Crippen molar-refractivity contribution in [2.45, 2.75) is 64.1 Å². The van der Waals surface area contributed by atoms with Gasteiger partial charge in [-0.15, -0.1) is 0 Å². The predicted molar refractivity (Wildman–Crippen MR) is 91.2 cm³/mol. The second kappa shape index (κ2) is 5.63. The van der Waals surface area contributed by atoms with Crippen molar-refractivity contribution in [3.8, 4) is 11.5 Å². The van der Waals surface area contributed by atoms with Crippen LogP contribution in [0.15, 0.2) is 12.1 Å². The van der Waals surface area contributed by atoms with Gasteiger partial charge in [-0.2, -0.15) is 0 Å². The first-order valence-corrected chi connectivity index (χ1v) is 9.31. The van der Waals surface area contributed by atoms with Gasteiger partial charge < -0.3 is 20.1 Å². The molecular formula is C20H28O4. The van der Waals surface area contributed by atoms with Crippen LogP contribution in [0.5, 0.6) is 11.5 Å². The maximum atomic E-state index is 10.7. The molecule has 3 N–H and O–H groups in total. The minimum absolute atomic E-state index is 0.00193. The highest BCUT2D eigenvalue weighted by Crippen LogP contribution is 2.62. The molecule has 4 nitrogen and oxygen atoms in total. The zero-order valence-electron chi connectivity index (χ0n) is 14.5. The maximum Gasteiger partial charge on any atom is 0.161 e. The summed E-state index contributed by atoms with van der Waals surface area (Å²) in [6, 6.07) is 3.64. The Hall–Kier alpha value is -1.26. The van der Waals surface area contributed by atoms with E-state index in [4.69, 9.17) is 4.74 Å². The first-order valence-electron chi connectivity index (χ1n) is 9.31. The van der Waals surface area contributed by atoms with Crippen LogP contribution in [-0.4, -0.2) is 28.0 Å². The largest absolute Gasteiger partial charge is 0.504 e. The van der Waals surface area contributed by atoms with E-state index in [2.05, 4.69) is 6.92 Å². The van der Waals surface area contributed by atoms with Crippen LogP contribution in [0.1, 0.15) is 69.1 Å². The molecule has 4 rings (SSSR count). The Bertz CT molecular complexity index is 643. The Morgan fingerprint density at radius 1 is 1.17 bits per heavy atom. The summed E-state index contributed by atoms with van der Waals surface area (Å²) in [5.74, 6) is 1.90. The number of fused-ring (bicyclic) bond motifs is 5. The molecule has 2 saturated carbocycles. The zero-order valence-corrected chi connectivity index (χ0v) is 14.5. The van der Waals surface area contributed by atoms with Gasteiger partial charge in [-0.1, -0.05) is 6.92 Å². The molecule has 0 radical (unpaired) electrons. The SMILES string of the molecule is CCOc1cc2c(cc1O)C(O)C[C@@H]1[C@@H]2CC[C@]2(C)C(O)CC[C@@H]12. The van der Waals surface area contributed by atoms with E-state index in [0.717, 1.165) is 43.2 Å². The highest BCUT2D eigenvalue weighted by Gasteiger charge is 2.55. The quantitative estimate of drug-likeness (QED) is 0.775. The van der Waals surface area contributed by atoms with Crippen molar-refractivity contribution >= 4 is 0 Å². The second-order valence-electron chi connectivity index (χ2n) is 8.15. The van der Waals surface area contributed by atoms with E-state index < -0.39 is 6.10 Å². The lowest BCUT2D eigenvalue weighted by Gasteiger charge is -2.51. The van der Waals surface area contributed by atoms with Crippen molar-refractivity contribution in [2.75, 3.05) is 6.61 Å². The van der Waals surface area contributed by atoms with Crippen molar-refractivity contribution in [1.29, 1.82) is 0 Å². The van der Waals surface area contributed by atoms with Gasteiger partial charge in [0.05, 0.1) is 18.8 Å². The van der Waals surface area contributed by atoms with Gasteiger partial charge in [0, 0.05) is 0 Å². The summed E-state index contributed by atoms with van der Waals surface area (Å²) in [5.41, 5.74) is 2.00. The molecule has 0 saturated heterocycles. The van der Waals surface area contributed by atoms with Crippen LogP contribution < -0.4 is 4.74 Å². The molecule has 4 heteroatoms.